The van der Waals surface area contributed by atoms with Crippen molar-refractivity contribution in [3.8, 4) is 0 Å². The SMILES string of the molecule is NC(Cc1nccc(C2CCC2)n1)C(=O)O. The van der Waals surface area contributed by atoms with E-state index < -0.39 is 12.0 Å². The van der Waals surface area contributed by atoms with E-state index in [1.54, 1.807) is 6.20 Å². The molecule has 0 spiro atoms. The Hall–Kier alpha value is -1.49. The van der Waals surface area contributed by atoms with Crippen molar-refractivity contribution in [3.63, 3.8) is 0 Å². The highest BCUT2D eigenvalue weighted by Gasteiger charge is 2.21. The number of carboxylic acid groups (broad SMARTS) is 1. The highest BCUT2D eigenvalue weighted by molar-refractivity contribution is 5.73. The Labute approximate surface area is 93.7 Å². The number of aliphatic carboxylic acids is 1. The summed E-state index contributed by atoms with van der Waals surface area (Å²) in [7, 11) is 0. The smallest absolute Gasteiger partial charge is 0.320 e. The molecule has 1 aliphatic carbocycles. The summed E-state index contributed by atoms with van der Waals surface area (Å²) in [5.41, 5.74) is 6.46. The standard InChI is InChI=1S/C11H15N3O2/c12-8(11(15)16)6-10-13-5-4-9(14-10)7-2-1-3-7/h4-5,7-8H,1-3,6,12H2,(H,15,16). The lowest BCUT2D eigenvalue weighted by atomic mass is 9.83. The van der Waals surface area contributed by atoms with Crippen molar-refractivity contribution >= 4 is 5.97 Å². The number of nitrogens with zero attached hydrogens (tertiary/aromatic N) is 2. The van der Waals surface area contributed by atoms with E-state index in [9.17, 15) is 4.79 Å². The zero-order valence-corrected chi connectivity index (χ0v) is 8.97. The van der Waals surface area contributed by atoms with Crippen molar-refractivity contribution in [2.45, 2.75) is 37.6 Å². The van der Waals surface area contributed by atoms with Gasteiger partial charge in [0, 0.05) is 24.2 Å². The van der Waals surface area contributed by atoms with Crippen molar-refractivity contribution in [1.82, 2.24) is 9.97 Å². The summed E-state index contributed by atoms with van der Waals surface area (Å²) in [6, 6.07) is 0.983. The fourth-order valence-electron chi connectivity index (χ4n) is 1.73. The summed E-state index contributed by atoms with van der Waals surface area (Å²) in [5.74, 6) is 0.0414. The molecular formula is C11H15N3O2. The molecule has 0 bridgehead atoms. The molecule has 1 aromatic heterocycles. The van der Waals surface area contributed by atoms with Crippen molar-refractivity contribution in [3.05, 3.63) is 23.8 Å². The predicted octanol–water partition coefficient (Wildman–Crippen LogP) is 0.698. The number of hydrogen-bond acceptors (Lipinski definition) is 4. The zero-order chi connectivity index (χ0) is 11.5. The van der Waals surface area contributed by atoms with E-state index in [4.69, 9.17) is 10.8 Å². The fraction of sp³-hybridized carbons (Fsp3) is 0.545. The average Bonchev–Trinajstić information content (AvgIpc) is 2.15. The van der Waals surface area contributed by atoms with Gasteiger partial charge in [0.25, 0.3) is 0 Å². The Morgan fingerprint density at radius 1 is 1.62 bits per heavy atom. The van der Waals surface area contributed by atoms with Crippen molar-refractivity contribution in [2.75, 3.05) is 0 Å². The molecule has 0 aromatic carbocycles. The molecule has 2 rings (SSSR count). The number of aromatic nitrogens is 2. The molecule has 1 aliphatic rings. The molecule has 1 aromatic rings. The van der Waals surface area contributed by atoms with Crippen LogP contribution < -0.4 is 5.73 Å². The average molecular weight is 221 g/mol. The van der Waals surface area contributed by atoms with Gasteiger partial charge in [0.2, 0.25) is 0 Å². The first-order valence-electron chi connectivity index (χ1n) is 5.47. The van der Waals surface area contributed by atoms with E-state index in [0.29, 0.717) is 11.7 Å². The Balaban J connectivity index is 2.06. The van der Waals surface area contributed by atoms with E-state index in [1.807, 2.05) is 6.07 Å². The highest BCUT2D eigenvalue weighted by atomic mass is 16.4. The van der Waals surface area contributed by atoms with Crippen LogP contribution in [-0.2, 0) is 11.2 Å². The summed E-state index contributed by atoms with van der Waals surface area (Å²) in [6.07, 6.45) is 5.46. The van der Waals surface area contributed by atoms with Crippen LogP contribution in [0.2, 0.25) is 0 Å². The van der Waals surface area contributed by atoms with Gasteiger partial charge in [-0.05, 0) is 18.9 Å². The van der Waals surface area contributed by atoms with Crippen LogP contribution >= 0.6 is 0 Å². The number of rotatable bonds is 4. The Morgan fingerprint density at radius 2 is 2.38 bits per heavy atom. The molecule has 1 fully saturated rings. The lowest BCUT2D eigenvalue weighted by Crippen LogP contribution is -2.33. The van der Waals surface area contributed by atoms with Crippen molar-refractivity contribution in [2.24, 2.45) is 5.73 Å². The van der Waals surface area contributed by atoms with Crippen LogP contribution in [0.3, 0.4) is 0 Å². The van der Waals surface area contributed by atoms with Crippen LogP contribution in [0.5, 0.6) is 0 Å². The summed E-state index contributed by atoms with van der Waals surface area (Å²) in [5, 5.41) is 8.70. The van der Waals surface area contributed by atoms with Crippen LogP contribution in [0.15, 0.2) is 12.3 Å². The van der Waals surface area contributed by atoms with E-state index in [-0.39, 0.29) is 6.42 Å². The van der Waals surface area contributed by atoms with Gasteiger partial charge in [0.05, 0.1) is 0 Å². The molecule has 0 saturated heterocycles. The molecular weight excluding hydrogens is 206 g/mol. The predicted molar refractivity (Wildman–Crippen MR) is 57.9 cm³/mol. The largest absolute Gasteiger partial charge is 0.480 e. The van der Waals surface area contributed by atoms with Gasteiger partial charge in [0.15, 0.2) is 0 Å². The molecule has 0 radical (unpaired) electrons. The molecule has 0 aliphatic heterocycles. The van der Waals surface area contributed by atoms with Gasteiger partial charge in [-0.2, -0.15) is 0 Å². The van der Waals surface area contributed by atoms with Gasteiger partial charge in [-0.1, -0.05) is 6.42 Å². The van der Waals surface area contributed by atoms with Gasteiger partial charge in [-0.15, -0.1) is 0 Å². The minimum atomic E-state index is -1.02. The third-order valence-corrected chi connectivity index (χ3v) is 2.97. The number of hydrogen-bond donors (Lipinski definition) is 2. The highest BCUT2D eigenvalue weighted by Crippen LogP contribution is 2.34. The van der Waals surface area contributed by atoms with Gasteiger partial charge >= 0.3 is 5.97 Å². The summed E-state index contributed by atoms with van der Waals surface area (Å²) < 4.78 is 0. The Morgan fingerprint density at radius 3 is 2.94 bits per heavy atom. The molecule has 1 atom stereocenters. The number of carboxylic acids is 1. The molecule has 1 heterocycles. The van der Waals surface area contributed by atoms with Gasteiger partial charge < -0.3 is 10.8 Å². The first-order chi connectivity index (χ1) is 7.66. The third-order valence-electron chi connectivity index (χ3n) is 2.97. The monoisotopic (exact) mass is 221 g/mol. The quantitative estimate of drug-likeness (QED) is 0.781. The number of nitrogens with two attached hydrogens (primary N) is 1. The molecule has 1 unspecified atom stereocenters. The van der Waals surface area contributed by atoms with Crippen LogP contribution in [-0.4, -0.2) is 27.1 Å². The van der Waals surface area contributed by atoms with Gasteiger partial charge in [-0.3, -0.25) is 4.79 Å². The van der Waals surface area contributed by atoms with E-state index in [0.717, 1.165) is 5.69 Å². The Kier molecular flexibility index (Phi) is 3.14. The molecule has 5 heteroatoms. The summed E-state index contributed by atoms with van der Waals surface area (Å²) in [6.45, 7) is 0. The van der Waals surface area contributed by atoms with Crippen molar-refractivity contribution in [1.29, 1.82) is 0 Å². The number of carbonyl (C=O) groups is 1. The van der Waals surface area contributed by atoms with E-state index >= 15 is 0 Å². The van der Waals surface area contributed by atoms with E-state index in [2.05, 4.69) is 9.97 Å². The van der Waals surface area contributed by atoms with Crippen molar-refractivity contribution < 1.29 is 9.90 Å². The van der Waals surface area contributed by atoms with Crippen LogP contribution in [0.4, 0.5) is 0 Å². The summed E-state index contributed by atoms with van der Waals surface area (Å²) >= 11 is 0. The third kappa shape index (κ3) is 2.36. The van der Waals surface area contributed by atoms with Gasteiger partial charge in [-0.25, -0.2) is 9.97 Å². The lowest BCUT2D eigenvalue weighted by molar-refractivity contribution is -0.138. The summed E-state index contributed by atoms with van der Waals surface area (Å²) in [4.78, 5) is 19.0. The zero-order valence-electron chi connectivity index (χ0n) is 8.97. The maximum Gasteiger partial charge on any atom is 0.320 e. The first-order valence-corrected chi connectivity index (χ1v) is 5.47. The normalized spacial score (nSPS) is 17.8. The van der Waals surface area contributed by atoms with Crippen LogP contribution in [0.1, 0.15) is 36.7 Å². The maximum absolute atomic E-state index is 10.6. The molecule has 0 amide bonds. The second-order valence-electron chi connectivity index (χ2n) is 4.17. The second kappa shape index (κ2) is 4.57. The molecule has 1 saturated carbocycles. The molecule has 16 heavy (non-hydrogen) atoms. The topological polar surface area (TPSA) is 89.1 Å². The second-order valence-corrected chi connectivity index (χ2v) is 4.17. The van der Waals surface area contributed by atoms with Gasteiger partial charge in [0.1, 0.15) is 11.9 Å². The molecule has 5 nitrogen and oxygen atoms in total. The minimum absolute atomic E-state index is 0.190. The molecule has 3 N–H and O–H groups in total. The lowest BCUT2D eigenvalue weighted by Gasteiger charge is -2.24. The van der Waals surface area contributed by atoms with Crippen LogP contribution in [0, 0.1) is 0 Å². The first kappa shape index (κ1) is 11.0. The fourth-order valence-corrected chi connectivity index (χ4v) is 1.73. The van der Waals surface area contributed by atoms with Crippen LogP contribution in [0.25, 0.3) is 0 Å². The van der Waals surface area contributed by atoms with E-state index in [1.165, 1.54) is 19.3 Å². The minimum Gasteiger partial charge on any atom is -0.480 e. The molecule has 86 valence electrons. The maximum atomic E-state index is 10.6. The Bertz CT molecular complexity index is 391.